The molecule has 1 aromatic carbocycles. The van der Waals surface area contributed by atoms with Gasteiger partial charge in [-0.25, -0.2) is 12.8 Å². The van der Waals surface area contributed by atoms with Crippen molar-refractivity contribution in [2.75, 3.05) is 0 Å². The lowest BCUT2D eigenvalue weighted by Crippen LogP contribution is -2.31. The first-order valence-electron chi connectivity index (χ1n) is 10.7. The van der Waals surface area contributed by atoms with Gasteiger partial charge in [0.1, 0.15) is 16.4 Å². The lowest BCUT2D eigenvalue weighted by molar-refractivity contribution is 0.0938. The highest BCUT2D eigenvalue weighted by atomic mass is 32.2. The van der Waals surface area contributed by atoms with Crippen LogP contribution in [0, 0.1) is 12.7 Å². The van der Waals surface area contributed by atoms with Crippen molar-refractivity contribution >= 4 is 26.8 Å². The molecule has 1 aliphatic rings. The Morgan fingerprint density at radius 2 is 1.94 bits per heavy atom. The number of nitrogens with zero attached hydrogens (tertiary/aromatic N) is 4. The number of halogens is 1. The van der Waals surface area contributed by atoms with Crippen LogP contribution in [0.3, 0.4) is 0 Å². The number of hydrogen-bond acceptors (Lipinski definition) is 5. The molecule has 0 saturated heterocycles. The summed E-state index contributed by atoms with van der Waals surface area (Å²) in [6.07, 6.45) is 4.89. The molecule has 0 fully saturated rings. The summed E-state index contributed by atoms with van der Waals surface area (Å²) in [5.74, 6) is -1.08. The number of carbonyl (C=O) groups is 1. The van der Waals surface area contributed by atoms with Gasteiger partial charge in [0.2, 0.25) is 10.0 Å². The molecule has 0 unspecified atom stereocenters. The first kappa shape index (κ1) is 22.2. The maximum Gasteiger partial charge on any atom is 0.269 e. The van der Waals surface area contributed by atoms with Crippen molar-refractivity contribution in [2.45, 2.75) is 31.5 Å². The molecule has 0 saturated carbocycles. The predicted molar refractivity (Wildman–Crippen MR) is 124 cm³/mol. The number of pyridine rings is 2. The molecule has 174 valence electrons. The van der Waals surface area contributed by atoms with Crippen LogP contribution in [-0.2, 0) is 36.7 Å². The minimum Gasteiger partial charge on any atom is -0.347 e. The molecule has 5 rings (SSSR count). The van der Waals surface area contributed by atoms with E-state index in [9.17, 15) is 17.6 Å². The molecule has 3 aromatic heterocycles. The molecule has 8 nitrogen and oxygen atoms in total. The third-order valence-corrected chi connectivity index (χ3v) is 8.04. The molecule has 0 aliphatic carbocycles. The van der Waals surface area contributed by atoms with Crippen LogP contribution >= 0.6 is 0 Å². The van der Waals surface area contributed by atoms with Crippen molar-refractivity contribution in [2.24, 2.45) is 7.05 Å². The van der Waals surface area contributed by atoms with Crippen LogP contribution in [0.1, 0.15) is 32.9 Å². The molecule has 0 bridgehead atoms. The minimum atomic E-state index is -3.97. The molecule has 1 amide bonds. The Kier molecular flexibility index (Phi) is 5.41. The van der Waals surface area contributed by atoms with E-state index < -0.39 is 21.7 Å². The fraction of sp³-hybridized carbons (Fsp3) is 0.208. The van der Waals surface area contributed by atoms with Crippen LogP contribution in [0.5, 0.6) is 0 Å². The number of amides is 1. The van der Waals surface area contributed by atoms with E-state index in [0.29, 0.717) is 16.6 Å². The van der Waals surface area contributed by atoms with Gasteiger partial charge in [-0.3, -0.25) is 14.8 Å². The second kappa shape index (κ2) is 8.30. The molecule has 0 atom stereocenters. The Labute approximate surface area is 196 Å². The molecular weight excluding hydrogens is 457 g/mol. The first-order valence-corrected chi connectivity index (χ1v) is 12.1. The SMILES string of the molecule is Cc1cc(S(=O)(=O)N2Cc3ccncc3C2)c(C(=O)NCc2c(F)ccc3ncccc23)n1C. The Bertz CT molecular complexity index is 1520. The summed E-state index contributed by atoms with van der Waals surface area (Å²) in [6.45, 7) is 2.02. The summed E-state index contributed by atoms with van der Waals surface area (Å²) < 4.78 is 44.5. The highest BCUT2D eigenvalue weighted by molar-refractivity contribution is 7.89. The van der Waals surface area contributed by atoms with Crippen LogP contribution in [0.25, 0.3) is 10.9 Å². The van der Waals surface area contributed by atoms with Crippen LogP contribution in [0.2, 0.25) is 0 Å². The van der Waals surface area contributed by atoms with Gasteiger partial charge in [-0.2, -0.15) is 4.31 Å². The number of carbonyl (C=O) groups excluding carboxylic acids is 1. The van der Waals surface area contributed by atoms with Crippen molar-refractivity contribution in [1.82, 2.24) is 24.2 Å². The average molecular weight is 480 g/mol. The lowest BCUT2D eigenvalue weighted by Gasteiger charge is -2.17. The Hall–Kier alpha value is -3.63. The third-order valence-electron chi connectivity index (χ3n) is 6.23. The summed E-state index contributed by atoms with van der Waals surface area (Å²) in [5, 5.41) is 3.29. The Morgan fingerprint density at radius 1 is 1.15 bits per heavy atom. The number of sulfonamides is 1. The van der Waals surface area contributed by atoms with E-state index in [4.69, 9.17) is 0 Å². The summed E-state index contributed by atoms with van der Waals surface area (Å²) in [7, 11) is -2.34. The largest absolute Gasteiger partial charge is 0.347 e. The fourth-order valence-electron chi connectivity index (χ4n) is 4.27. The van der Waals surface area contributed by atoms with Crippen molar-refractivity contribution in [1.29, 1.82) is 0 Å². The molecule has 10 heteroatoms. The number of fused-ring (bicyclic) bond motifs is 2. The molecular formula is C24H22FN5O3S. The number of hydrogen-bond donors (Lipinski definition) is 1. The minimum absolute atomic E-state index is 0.00495. The number of nitrogens with one attached hydrogen (secondary N) is 1. The van der Waals surface area contributed by atoms with Crippen molar-refractivity contribution in [3.8, 4) is 0 Å². The fourth-order valence-corrected chi connectivity index (χ4v) is 5.96. The quantitative estimate of drug-likeness (QED) is 0.475. The van der Waals surface area contributed by atoms with Crippen molar-refractivity contribution in [3.05, 3.63) is 88.9 Å². The molecule has 34 heavy (non-hydrogen) atoms. The van der Waals surface area contributed by atoms with Crippen molar-refractivity contribution in [3.63, 3.8) is 0 Å². The van der Waals surface area contributed by atoms with Crippen molar-refractivity contribution < 1.29 is 17.6 Å². The van der Waals surface area contributed by atoms with Gasteiger partial charge in [-0.15, -0.1) is 0 Å². The van der Waals surface area contributed by atoms with Gasteiger partial charge >= 0.3 is 0 Å². The zero-order chi connectivity index (χ0) is 24.0. The summed E-state index contributed by atoms with van der Waals surface area (Å²) in [6, 6.07) is 9.59. The normalized spacial score (nSPS) is 13.9. The molecule has 1 N–H and O–H groups in total. The average Bonchev–Trinajstić information content (AvgIpc) is 3.40. The van der Waals surface area contributed by atoms with Gasteiger partial charge in [0.25, 0.3) is 5.91 Å². The van der Waals surface area contributed by atoms with E-state index in [-0.39, 0.29) is 35.8 Å². The molecule has 0 spiro atoms. The van der Waals surface area contributed by atoms with Gasteiger partial charge in [-0.05, 0) is 48.4 Å². The molecule has 4 heterocycles. The lowest BCUT2D eigenvalue weighted by atomic mass is 10.1. The summed E-state index contributed by atoms with van der Waals surface area (Å²) in [5.41, 5.74) is 3.24. The number of benzene rings is 1. The van der Waals surface area contributed by atoms with Crippen LogP contribution in [0.15, 0.2) is 59.9 Å². The number of aromatic nitrogens is 3. The van der Waals surface area contributed by atoms with E-state index in [1.807, 2.05) is 0 Å². The standard InChI is InChI=1S/C24H22FN5O3S/c1-15-10-22(34(32,33)30-13-16-7-9-26-11-17(16)14-30)23(29(15)2)24(31)28-12-19-18-4-3-8-27-21(18)6-5-20(19)25/h3-11H,12-14H2,1-2H3,(H,28,31). The van der Waals surface area contributed by atoms with Gasteiger partial charge in [0.05, 0.1) is 5.52 Å². The van der Waals surface area contributed by atoms with Crippen LogP contribution in [-0.4, -0.2) is 33.2 Å². The molecule has 0 radical (unpaired) electrons. The highest BCUT2D eigenvalue weighted by Crippen LogP contribution is 2.31. The topological polar surface area (TPSA) is 97.2 Å². The zero-order valence-electron chi connectivity index (χ0n) is 18.6. The molecule has 1 aliphatic heterocycles. The summed E-state index contributed by atoms with van der Waals surface area (Å²) >= 11 is 0. The second-order valence-electron chi connectivity index (χ2n) is 8.25. The van der Waals surface area contributed by atoms with E-state index >= 15 is 0 Å². The van der Waals surface area contributed by atoms with Gasteiger partial charge in [0.15, 0.2) is 0 Å². The monoisotopic (exact) mass is 479 g/mol. The van der Waals surface area contributed by atoms with E-state index in [1.165, 1.54) is 21.0 Å². The second-order valence-corrected chi connectivity index (χ2v) is 10.2. The smallest absolute Gasteiger partial charge is 0.269 e. The third kappa shape index (κ3) is 3.64. The van der Waals surface area contributed by atoms with Gasteiger partial charge < -0.3 is 9.88 Å². The highest BCUT2D eigenvalue weighted by Gasteiger charge is 2.35. The van der Waals surface area contributed by atoms with Gasteiger partial charge in [-0.1, -0.05) is 6.07 Å². The summed E-state index contributed by atoms with van der Waals surface area (Å²) in [4.78, 5) is 21.4. The zero-order valence-corrected chi connectivity index (χ0v) is 19.4. The van der Waals surface area contributed by atoms with E-state index in [1.54, 1.807) is 56.8 Å². The molecule has 4 aromatic rings. The van der Waals surface area contributed by atoms with Crippen LogP contribution in [0.4, 0.5) is 4.39 Å². The number of rotatable bonds is 5. The van der Waals surface area contributed by atoms with Crippen LogP contribution < -0.4 is 5.32 Å². The first-order chi connectivity index (χ1) is 16.3. The van der Waals surface area contributed by atoms with E-state index in [0.717, 1.165) is 11.1 Å². The predicted octanol–water partition coefficient (Wildman–Crippen LogP) is 3.05. The Balaban J connectivity index is 1.46. The Morgan fingerprint density at radius 3 is 2.74 bits per heavy atom. The number of aryl methyl sites for hydroxylation is 1. The maximum atomic E-state index is 14.6. The van der Waals surface area contributed by atoms with Gasteiger partial charge in [0, 0.05) is 61.9 Å². The van der Waals surface area contributed by atoms with E-state index in [2.05, 4.69) is 15.3 Å². The maximum absolute atomic E-state index is 14.6.